The Kier molecular flexibility index (Phi) is 5.42. The molecule has 3 rings (SSSR count). The van der Waals surface area contributed by atoms with Crippen LogP contribution in [0, 0.1) is 0 Å². The Morgan fingerprint density at radius 3 is 2.65 bits per heavy atom. The van der Waals surface area contributed by atoms with Crippen molar-refractivity contribution in [1.29, 1.82) is 0 Å². The lowest BCUT2D eigenvalue weighted by molar-refractivity contribution is 0.295. The SMILES string of the molecule is CCSNc1ccc(C2CN(C)Cc3c(Cl)cc(Cl)cc32)cc1. The van der Waals surface area contributed by atoms with E-state index in [1.165, 1.54) is 16.7 Å². The lowest BCUT2D eigenvalue weighted by atomic mass is 9.85. The molecular formula is C18H20Cl2N2S. The Hall–Kier alpha value is -0.870. The van der Waals surface area contributed by atoms with E-state index in [1.807, 2.05) is 6.07 Å². The topological polar surface area (TPSA) is 15.3 Å². The molecule has 0 radical (unpaired) electrons. The minimum Gasteiger partial charge on any atom is -0.330 e. The third-order valence-electron chi connectivity index (χ3n) is 4.14. The van der Waals surface area contributed by atoms with Gasteiger partial charge in [0.15, 0.2) is 0 Å². The van der Waals surface area contributed by atoms with Crippen molar-refractivity contribution < 1.29 is 0 Å². The zero-order chi connectivity index (χ0) is 16.4. The minimum absolute atomic E-state index is 0.299. The van der Waals surface area contributed by atoms with E-state index in [4.69, 9.17) is 23.2 Å². The summed E-state index contributed by atoms with van der Waals surface area (Å²) in [5.41, 5.74) is 4.88. The molecule has 1 unspecified atom stereocenters. The number of hydrogen-bond acceptors (Lipinski definition) is 3. The first-order chi connectivity index (χ1) is 11.1. The van der Waals surface area contributed by atoms with Crippen LogP contribution in [0.3, 0.4) is 0 Å². The summed E-state index contributed by atoms with van der Waals surface area (Å²) in [6, 6.07) is 12.6. The maximum absolute atomic E-state index is 6.42. The molecule has 1 aliphatic rings. The largest absolute Gasteiger partial charge is 0.330 e. The Morgan fingerprint density at radius 2 is 1.96 bits per heavy atom. The normalized spacial score (nSPS) is 17.8. The first kappa shape index (κ1) is 17.0. The van der Waals surface area contributed by atoms with Crippen molar-refractivity contribution in [3.63, 3.8) is 0 Å². The molecule has 0 aromatic heterocycles. The van der Waals surface area contributed by atoms with E-state index in [0.717, 1.165) is 29.6 Å². The molecular weight excluding hydrogens is 347 g/mol. The predicted molar refractivity (Wildman–Crippen MR) is 103 cm³/mol. The first-order valence-corrected chi connectivity index (χ1v) is 9.46. The molecule has 23 heavy (non-hydrogen) atoms. The Bertz CT molecular complexity index is 688. The van der Waals surface area contributed by atoms with Crippen LogP contribution in [0.15, 0.2) is 36.4 Å². The van der Waals surface area contributed by atoms with E-state index >= 15 is 0 Å². The maximum Gasteiger partial charge on any atom is 0.0468 e. The molecule has 0 fully saturated rings. The summed E-state index contributed by atoms with van der Waals surface area (Å²) in [7, 11) is 2.13. The van der Waals surface area contributed by atoms with Crippen LogP contribution in [-0.4, -0.2) is 24.2 Å². The van der Waals surface area contributed by atoms with Crippen LogP contribution in [0.4, 0.5) is 5.69 Å². The monoisotopic (exact) mass is 366 g/mol. The second kappa shape index (κ2) is 7.35. The van der Waals surface area contributed by atoms with Gasteiger partial charge in [-0.25, -0.2) is 0 Å². The van der Waals surface area contributed by atoms with Gasteiger partial charge in [-0.1, -0.05) is 54.2 Å². The Labute approximate surface area is 152 Å². The maximum atomic E-state index is 6.42. The summed E-state index contributed by atoms with van der Waals surface area (Å²) < 4.78 is 3.33. The first-order valence-electron chi connectivity index (χ1n) is 7.72. The van der Waals surface area contributed by atoms with Gasteiger partial charge in [0.05, 0.1) is 0 Å². The molecule has 5 heteroatoms. The van der Waals surface area contributed by atoms with Crippen LogP contribution >= 0.6 is 35.1 Å². The summed E-state index contributed by atoms with van der Waals surface area (Å²) in [4.78, 5) is 2.31. The second-order valence-corrected chi connectivity index (χ2v) is 7.78. The van der Waals surface area contributed by atoms with E-state index in [9.17, 15) is 0 Å². The van der Waals surface area contributed by atoms with Gasteiger partial charge in [0, 0.05) is 40.5 Å². The number of rotatable bonds is 4. The number of halogens is 2. The lowest BCUT2D eigenvalue weighted by Crippen LogP contribution is -2.31. The molecule has 0 spiro atoms. The molecule has 0 aliphatic carbocycles. The molecule has 1 N–H and O–H groups in total. The van der Waals surface area contributed by atoms with Crippen molar-refractivity contribution >= 4 is 40.8 Å². The van der Waals surface area contributed by atoms with Gasteiger partial charge in [-0.05, 0) is 48.0 Å². The zero-order valence-electron chi connectivity index (χ0n) is 13.3. The highest BCUT2D eigenvalue weighted by Gasteiger charge is 2.26. The van der Waals surface area contributed by atoms with Crippen molar-refractivity contribution in [2.24, 2.45) is 0 Å². The van der Waals surface area contributed by atoms with Crippen LogP contribution in [0.1, 0.15) is 29.5 Å². The molecule has 0 saturated carbocycles. The van der Waals surface area contributed by atoms with Gasteiger partial charge in [0.1, 0.15) is 0 Å². The van der Waals surface area contributed by atoms with E-state index in [2.05, 4.69) is 53.9 Å². The molecule has 0 amide bonds. The number of fused-ring (bicyclic) bond motifs is 1. The molecule has 0 bridgehead atoms. The van der Waals surface area contributed by atoms with E-state index in [0.29, 0.717) is 10.9 Å². The Balaban J connectivity index is 1.94. The molecule has 1 heterocycles. The van der Waals surface area contributed by atoms with Crippen molar-refractivity contribution in [3.8, 4) is 0 Å². The number of benzene rings is 2. The van der Waals surface area contributed by atoms with Crippen molar-refractivity contribution in [3.05, 3.63) is 63.1 Å². The van der Waals surface area contributed by atoms with Gasteiger partial charge in [-0.3, -0.25) is 0 Å². The van der Waals surface area contributed by atoms with Crippen LogP contribution in [0.5, 0.6) is 0 Å². The quantitative estimate of drug-likeness (QED) is 0.703. The van der Waals surface area contributed by atoms with Crippen molar-refractivity contribution in [2.75, 3.05) is 24.1 Å². The number of nitrogens with one attached hydrogen (secondary N) is 1. The predicted octanol–water partition coefficient (Wildman–Crippen LogP) is 5.65. The fraction of sp³-hybridized carbons (Fsp3) is 0.333. The van der Waals surface area contributed by atoms with Gasteiger partial charge in [0.2, 0.25) is 0 Å². The minimum atomic E-state index is 0.299. The van der Waals surface area contributed by atoms with Crippen LogP contribution in [0.2, 0.25) is 10.0 Å². The summed E-state index contributed by atoms with van der Waals surface area (Å²) >= 11 is 14.4. The van der Waals surface area contributed by atoms with Gasteiger partial charge < -0.3 is 9.62 Å². The highest BCUT2D eigenvalue weighted by atomic mass is 35.5. The van der Waals surface area contributed by atoms with Crippen molar-refractivity contribution in [2.45, 2.75) is 19.4 Å². The van der Waals surface area contributed by atoms with Crippen molar-refractivity contribution in [1.82, 2.24) is 4.90 Å². The van der Waals surface area contributed by atoms with E-state index in [1.54, 1.807) is 11.9 Å². The summed E-state index contributed by atoms with van der Waals surface area (Å²) in [5, 5.41) is 1.47. The van der Waals surface area contributed by atoms with Gasteiger partial charge >= 0.3 is 0 Å². The summed E-state index contributed by atoms with van der Waals surface area (Å²) in [6.45, 7) is 3.98. The van der Waals surface area contributed by atoms with Crippen LogP contribution < -0.4 is 4.72 Å². The standard InChI is InChI=1S/C18H20Cl2N2S/c1-3-23-21-14-6-4-12(5-7-14)16-10-22(2)11-17-15(16)8-13(19)9-18(17)20/h4-9,16,21H,3,10-11H2,1-2H3. The molecule has 2 aromatic rings. The smallest absolute Gasteiger partial charge is 0.0468 e. The van der Waals surface area contributed by atoms with E-state index in [-0.39, 0.29) is 0 Å². The summed E-state index contributed by atoms with van der Waals surface area (Å²) in [5.74, 6) is 1.34. The number of anilines is 1. The van der Waals surface area contributed by atoms with Gasteiger partial charge in [-0.15, -0.1) is 0 Å². The van der Waals surface area contributed by atoms with Gasteiger partial charge in [0.25, 0.3) is 0 Å². The molecule has 1 atom stereocenters. The average Bonchev–Trinajstić information content (AvgIpc) is 2.53. The van der Waals surface area contributed by atoms with E-state index < -0.39 is 0 Å². The zero-order valence-corrected chi connectivity index (χ0v) is 15.6. The number of hydrogen-bond donors (Lipinski definition) is 1. The number of nitrogens with zero attached hydrogens (tertiary/aromatic N) is 1. The third-order valence-corrected chi connectivity index (χ3v) is 5.36. The molecule has 2 aromatic carbocycles. The van der Waals surface area contributed by atoms with Gasteiger partial charge in [-0.2, -0.15) is 0 Å². The fourth-order valence-corrected chi connectivity index (χ4v) is 4.09. The Morgan fingerprint density at radius 1 is 1.22 bits per heavy atom. The molecule has 0 saturated heterocycles. The fourth-order valence-electron chi connectivity index (χ4n) is 3.07. The van der Waals surface area contributed by atoms with Crippen LogP contribution in [-0.2, 0) is 6.54 Å². The highest BCUT2D eigenvalue weighted by molar-refractivity contribution is 8.00. The number of likely N-dealkylation sites (N-methyl/N-ethyl adjacent to an activating group) is 1. The lowest BCUT2D eigenvalue weighted by Gasteiger charge is -2.33. The van der Waals surface area contributed by atoms with Crippen LogP contribution in [0.25, 0.3) is 0 Å². The summed E-state index contributed by atoms with van der Waals surface area (Å²) in [6.07, 6.45) is 0. The molecule has 1 aliphatic heterocycles. The highest BCUT2D eigenvalue weighted by Crippen LogP contribution is 2.38. The third kappa shape index (κ3) is 3.80. The molecule has 122 valence electrons. The average molecular weight is 367 g/mol. The molecule has 2 nitrogen and oxygen atoms in total. The second-order valence-electron chi connectivity index (χ2n) is 5.86.